The van der Waals surface area contributed by atoms with E-state index in [1.807, 2.05) is 0 Å². The predicted octanol–water partition coefficient (Wildman–Crippen LogP) is 3.42. The second-order valence-electron chi connectivity index (χ2n) is 5.82. The summed E-state index contributed by atoms with van der Waals surface area (Å²) < 4.78 is 138. The Kier molecular flexibility index (Phi) is 1.86. The molecule has 134 valence electrons. The lowest BCUT2D eigenvalue weighted by Gasteiger charge is -2.47. The average molecular weight is 349 g/mol. The Labute approximate surface area is 166 Å². The molecule has 2 aliphatic heterocycles. The van der Waals surface area contributed by atoms with Crippen LogP contribution >= 0.6 is 0 Å². The molecule has 0 bridgehead atoms. The van der Waals surface area contributed by atoms with E-state index in [9.17, 15) is 6.48 Å². The van der Waals surface area contributed by atoms with Gasteiger partial charge in [0.2, 0.25) is 0 Å². The van der Waals surface area contributed by atoms with E-state index in [-0.39, 0.29) is 29.0 Å². The SMILES string of the molecule is [2H]C([2H])([2H])C(C)(C([2H])([2H])[2H])C([2H])([2H])C1([2H])C([2H])([2H])N2CCc3cc(OC)c(OC)cc3C2([2H])C([2H])([2H])C1([2H])O. The van der Waals surface area contributed by atoms with Crippen molar-refractivity contribution < 1.29 is 35.1 Å². The first-order chi connectivity index (χ1) is 17.2. The molecule has 3 atom stereocenters. The summed E-state index contributed by atoms with van der Waals surface area (Å²) in [4.78, 5) is 0.446. The quantitative estimate of drug-likeness (QED) is 0.909. The topological polar surface area (TPSA) is 41.9 Å². The smallest absolute Gasteiger partial charge is 0.161 e. The molecule has 2 aliphatic rings. The molecule has 4 nitrogen and oxygen atoms in total. The van der Waals surface area contributed by atoms with Crippen LogP contribution in [0.5, 0.6) is 11.5 Å². The monoisotopic (exact) mass is 348 g/mol. The van der Waals surface area contributed by atoms with Crippen molar-refractivity contribution >= 4 is 0 Å². The molecule has 1 aromatic rings. The summed E-state index contributed by atoms with van der Waals surface area (Å²) in [6, 6.07) is -0.409. The van der Waals surface area contributed by atoms with Crippen LogP contribution in [0.2, 0.25) is 0 Å². The summed E-state index contributed by atoms with van der Waals surface area (Å²) in [6.07, 6.45) is -12.2. The maximum absolute atomic E-state index is 11.5. The third-order valence-electron chi connectivity index (χ3n) is 3.83. The minimum atomic E-state index is -4.23. The van der Waals surface area contributed by atoms with Crippen molar-refractivity contribution in [3.05, 3.63) is 23.3 Å². The second kappa shape index (κ2) is 6.57. The number of fused-ring (bicyclic) bond motifs is 3. The van der Waals surface area contributed by atoms with E-state index < -0.39 is 62.9 Å². The Bertz CT molecular complexity index is 1130. The first-order valence-corrected chi connectivity index (χ1v) is 7.47. The molecule has 1 N–H and O–H groups in total. The average Bonchev–Trinajstić information content (AvgIpc) is 2.79. The first kappa shape index (κ1) is 6.81. The van der Waals surface area contributed by atoms with Gasteiger partial charge in [-0.15, -0.1) is 0 Å². The van der Waals surface area contributed by atoms with Crippen molar-refractivity contribution in [3.8, 4) is 11.5 Å². The highest BCUT2D eigenvalue weighted by atomic mass is 16.5. The normalized spacial score (nSPS) is 51.6. The number of rotatable bonds is 3. The fourth-order valence-corrected chi connectivity index (χ4v) is 2.78. The van der Waals surface area contributed by atoms with Crippen LogP contribution in [0.1, 0.15) is 71.1 Å². The van der Waals surface area contributed by atoms with Crippen LogP contribution in [0.15, 0.2) is 12.1 Å². The van der Waals surface area contributed by atoms with Gasteiger partial charge in [0.15, 0.2) is 11.5 Å². The number of hydrogen-bond donors (Lipinski definition) is 1. The van der Waals surface area contributed by atoms with Crippen LogP contribution in [-0.4, -0.2) is 43.3 Å². The minimum Gasteiger partial charge on any atom is -0.493 e. The number of aliphatic hydroxyl groups is 1. The lowest BCUT2D eigenvalue weighted by molar-refractivity contribution is -0.0259. The molecule has 1 saturated heterocycles. The van der Waals surface area contributed by atoms with Gasteiger partial charge in [0.1, 0.15) is 0 Å². The third kappa shape index (κ3) is 3.40. The van der Waals surface area contributed by atoms with Crippen LogP contribution in [0, 0.1) is 11.3 Å². The summed E-state index contributed by atoms with van der Waals surface area (Å²) in [6.45, 7) is -11.2. The number of nitrogens with zero attached hydrogens (tertiary/aromatic N) is 1. The van der Waals surface area contributed by atoms with Gasteiger partial charge in [-0.3, -0.25) is 4.90 Å². The van der Waals surface area contributed by atoms with Gasteiger partial charge in [-0.05, 0) is 53.7 Å². The molecule has 0 amide bonds. The Morgan fingerprint density at radius 3 is 2.79 bits per heavy atom. The fourth-order valence-electron chi connectivity index (χ4n) is 2.78. The Morgan fingerprint density at radius 1 is 1.42 bits per heavy atom. The van der Waals surface area contributed by atoms with E-state index >= 15 is 0 Å². The highest BCUT2D eigenvalue weighted by Gasteiger charge is 2.39. The number of methoxy groups -OCH3 is 2. The fraction of sp³-hybridized carbons (Fsp3) is 0.700. The van der Waals surface area contributed by atoms with Gasteiger partial charge in [0.25, 0.3) is 0 Å². The highest BCUT2D eigenvalue weighted by Crippen LogP contribution is 2.44. The molecule has 0 radical (unpaired) electrons. The number of hydrogen-bond acceptors (Lipinski definition) is 4. The minimum absolute atomic E-state index is 0.00465. The van der Waals surface area contributed by atoms with Gasteiger partial charge < -0.3 is 14.6 Å². The Balaban J connectivity index is 2.46. The molecule has 2 heterocycles. The van der Waals surface area contributed by atoms with Crippen molar-refractivity contribution in [2.75, 3.05) is 27.3 Å². The van der Waals surface area contributed by atoms with E-state index in [1.165, 1.54) is 20.3 Å². The molecule has 0 spiro atoms. The molecule has 0 saturated carbocycles. The molecular weight excluding hydrogens is 302 g/mol. The Morgan fingerprint density at radius 2 is 2.12 bits per heavy atom. The van der Waals surface area contributed by atoms with Crippen molar-refractivity contribution in [3.63, 3.8) is 0 Å². The van der Waals surface area contributed by atoms with Crippen LogP contribution in [-0.2, 0) is 6.42 Å². The zero-order valence-electron chi connectivity index (χ0n) is 28.8. The van der Waals surface area contributed by atoms with E-state index in [4.69, 9.17) is 28.7 Å². The summed E-state index contributed by atoms with van der Waals surface area (Å²) in [5.74, 6) is -3.93. The molecule has 3 unspecified atom stereocenters. The van der Waals surface area contributed by atoms with Crippen molar-refractivity contribution in [2.24, 2.45) is 11.3 Å². The van der Waals surface area contributed by atoms with Gasteiger partial charge in [0, 0.05) is 36.9 Å². The maximum Gasteiger partial charge on any atom is 0.161 e. The van der Waals surface area contributed by atoms with E-state index in [0.717, 1.165) is 6.07 Å². The zero-order chi connectivity index (χ0) is 30.6. The van der Waals surface area contributed by atoms with Gasteiger partial charge in [-0.1, -0.05) is 20.6 Å². The number of ether oxygens (including phenoxy) is 2. The van der Waals surface area contributed by atoms with Gasteiger partial charge in [0.05, 0.1) is 23.0 Å². The molecule has 0 aliphatic carbocycles. The molecule has 24 heavy (non-hydrogen) atoms. The van der Waals surface area contributed by atoms with Crippen LogP contribution in [0.3, 0.4) is 0 Å². The van der Waals surface area contributed by atoms with Gasteiger partial charge in [-0.2, -0.15) is 0 Å². The van der Waals surface area contributed by atoms with E-state index in [2.05, 4.69) is 0 Å². The van der Waals surface area contributed by atoms with Crippen molar-refractivity contribution in [1.82, 2.24) is 4.90 Å². The summed E-state index contributed by atoms with van der Waals surface area (Å²) >= 11 is 0. The third-order valence-corrected chi connectivity index (χ3v) is 3.83. The first-order valence-electron chi connectivity index (χ1n) is 15.0. The maximum atomic E-state index is 11.5. The number of piperidine rings is 1. The van der Waals surface area contributed by atoms with E-state index in [1.54, 1.807) is 0 Å². The van der Waals surface area contributed by atoms with Crippen molar-refractivity contribution in [1.29, 1.82) is 0 Å². The number of benzene rings is 1. The molecule has 0 aromatic heterocycles. The summed E-state index contributed by atoms with van der Waals surface area (Å²) in [7, 11) is 2.59. The summed E-state index contributed by atoms with van der Waals surface area (Å²) in [5, 5.41) is 11.5. The van der Waals surface area contributed by atoms with Crippen LogP contribution < -0.4 is 9.47 Å². The standard InChI is InChI=1S/C20H31NO3/c1-20(2,3)11-14-12-21-7-6-13-8-18(23-4)19(24-5)9-15(13)16(21)10-17(14)22/h8-9,14,16-17,22H,6-7,10-12H2,1-5H3/i1D3,2D3,10D2,11D2,12D2,14D,16D,17D. The zero-order valence-corrected chi connectivity index (χ0v) is 13.8. The largest absolute Gasteiger partial charge is 0.493 e. The van der Waals surface area contributed by atoms with Crippen LogP contribution in [0.4, 0.5) is 0 Å². The summed E-state index contributed by atoms with van der Waals surface area (Å²) in [5.41, 5.74) is -3.56. The van der Waals surface area contributed by atoms with Gasteiger partial charge in [-0.25, -0.2) is 0 Å². The molecule has 1 aromatic carbocycles. The van der Waals surface area contributed by atoms with Gasteiger partial charge >= 0.3 is 0 Å². The molecule has 4 heteroatoms. The van der Waals surface area contributed by atoms with E-state index in [0.29, 0.717) is 11.8 Å². The highest BCUT2D eigenvalue weighted by molar-refractivity contribution is 5.49. The van der Waals surface area contributed by atoms with Crippen molar-refractivity contribution in [2.45, 2.75) is 51.9 Å². The lowest BCUT2D eigenvalue weighted by atomic mass is 9.75. The predicted molar refractivity (Wildman–Crippen MR) is 95.7 cm³/mol. The molecule has 1 fully saturated rings. The lowest BCUT2D eigenvalue weighted by Crippen LogP contribution is -2.48. The molecular formula is C20H31NO3. The molecule has 3 rings (SSSR count). The Hall–Kier alpha value is -1.26. The van der Waals surface area contributed by atoms with Crippen LogP contribution in [0.25, 0.3) is 0 Å². The second-order valence-corrected chi connectivity index (χ2v) is 5.82.